The molecule has 1 heterocycles. The van der Waals surface area contributed by atoms with Crippen molar-refractivity contribution in [3.63, 3.8) is 0 Å². The molecule has 0 amide bonds. The van der Waals surface area contributed by atoms with Crippen molar-refractivity contribution in [1.82, 2.24) is 4.98 Å². The molecule has 0 aliphatic carbocycles. The highest BCUT2D eigenvalue weighted by Crippen LogP contribution is 2.21. The summed E-state index contributed by atoms with van der Waals surface area (Å²) in [6.45, 7) is 5.93. The van der Waals surface area contributed by atoms with Crippen LogP contribution in [0.2, 0.25) is 0 Å². The monoisotopic (exact) mass is 261 g/mol. The number of nitrogens with zero attached hydrogens (tertiary/aromatic N) is 2. The first-order chi connectivity index (χ1) is 8.56. The molecule has 0 aliphatic heterocycles. The van der Waals surface area contributed by atoms with E-state index in [0.717, 1.165) is 22.1 Å². The van der Waals surface area contributed by atoms with E-state index in [1.807, 2.05) is 32.9 Å². The Bertz CT molecular complexity index is 553. The third-order valence-electron chi connectivity index (χ3n) is 2.63. The Morgan fingerprint density at radius 1 is 1.28 bits per heavy atom. The summed E-state index contributed by atoms with van der Waals surface area (Å²) in [6, 6.07) is 6.94. The van der Waals surface area contributed by atoms with Gasteiger partial charge in [-0.1, -0.05) is 0 Å². The summed E-state index contributed by atoms with van der Waals surface area (Å²) in [6.07, 6.45) is 0. The van der Waals surface area contributed by atoms with Crippen molar-refractivity contribution in [2.45, 2.75) is 20.8 Å². The summed E-state index contributed by atoms with van der Waals surface area (Å²) >= 11 is 1.58. The maximum atomic E-state index is 9.22. The molecule has 0 saturated carbocycles. The van der Waals surface area contributed by atoms with E-state index in [1.54, 1.807) is 23.5 Å². The van der Waals surface area contributed by atoms with Gasteiger partial charge in [0, 0.05) is 4.88 Å². The number of thiazole rings is 1. The zero-order chi connectivity index (χ0) is 13.1. The third-order valence-corrected chi connectivity index (χ3v) is 3.61. The van der Waals surface area contributed by atoms with E-state index in [-0.39, 0.29) is 5.75 Å². The number of benzene rings is 1. The number of hydrogen-bond donors (Lipinski definition) is 2. The smallest absolute Gasteiger partial charge is 0.203 e. The maximum Gasteiger partial charge on any atom is 0.203 e. The van der Waals surface area contributed by atoms with Gasteiger partial charge in [-0.25, -0.2) is 4.98 Å². The molecule has 0 radical (unpaired) electrons. The van der Waals surface area contributed by atoms with Crippen LogP contribution in [0.1, 0.15) is 23.1 Å². The van der Waals surface area contributed by atoms with E-state index in [9.17, 15) is 5.11 Å². The lowest BCUT2D eigenvalue weighted by atomic mass is 10.1. The number of phenolic OH excluding ortho intramolecular Hbond substituents is 1. The van der Waals surface area contributed by atoms with Crippen molar-refractivity contribution < 1.29 is 5.11 Å². The minimum Gasteiger partial charge on any atom is -0.508 e. The summed E-state index contributed by atoms with van der Waals surface area (Å²) in [7, 11) is 0. The Labute approximate surface area is 110 Å². The van der Waals surface area contributed by atoms with Crippen LogP contribution in [-0.4, -0.2) is 15.8 Å². The van der Waals surface area contributed by atoms with Gasteiger partial charge in [0.25, 0.3) is 0 Å². The van der Waals surface area contributed by atoms with Crippen LogP contribution in [0.5, 0.6) is 5.75 Å². The summed E-state index contributed by atoms with van der Waals surface area (Å²) in [4.78, 5) is 5.54. The van der Waals surface area contributed by atoms with Gasteiger partial charge in [0.2, 0.25) is 5.13 Å². The minimum absolute atomic E-state index is 0.255. The molecule has 0 atom stereocenters. The standard InChI is InChI=1S/C13H15N3OS/c1-8-10(3)18-13(14-8)16-15-9(2)11-4-6-12(17)7-5-11/h4-7,17H,1-3H3,(H,14,16)/b15-9+. The average Bonchev–Trinajstić information content (AvgIpc) is 2.67. The van der Waals surface area contributed by atoms with Crippen molar-refractivity contribution in [3.8, 4) is 5.75 Å². The summed E-state index contributed by atoms with van der Waals surface area (Å²) < 4.78 is 0. The lowest BCUT2D eigenvalue weighted by Gasteiger charge is -2.01. The van der Waals surface area contributed by atoms with E-state index in [2.05, 4.69) is 15.5 Å². The van der Waals surface area contributed by atoms with E-state index in [4.69, 9.17) is 0 Å². The van der Waals surface area contributed by atoms with Crippen molar-refractivity contribution in [2.24, 2.45) is 5.10 Å². The number of nitrogens with one attached hydrogen (secondary N) is 1. The highest BCUT2D eigenvalue weighted by atomic mass is 32.1. The predicted molar refractivity (Wildman–Crippen MR) is 75.5 cm³/mol. The van der Waals surface area contributed by atoms with Crippen LogP contribution in [0.25, 0.3) is 0 Å². The maximum absolute atomic E-state index is 9.22. The number of aromatic hydroxyl groups is 1. The first-order valence-electron chi connectivity index (χ1n) is 5.60. The van der Waals surface area contributed by atoms with Crippen molar-refractivity contribution in [1.29, 1.82) is 0 Å². The van der Waals surface area contributed by atoms with Crippen LogP contribution >= 0.6 is 11.3 Å². The van der Waals surface area contributed by atoms with Gasteiger partial charge in [-0.15, -0.1) is 11.3 Å². The fourth-order valence-electron chi connectivity index (χ4n) is 1.42. The molecule has 0 saturated heterocycles. The van der Waals surface area contributed by atoms with Gasteiger partial charge in [-0.2, -0.15) is 5.10 Å². The molecule has 1 aromatic carbocycles. The quantitative estimate of drug-likeness (QED) is 0.658. The number of aromatic nitrogens is 1. The fraction of sp³-hybridized carbons (Fsp3) is 0.231. The van der Waals surface area contributed by atoms with Crippen LogP contribution < -0.4 is 5.43 Å². The Balaban J connectivity index is 2.11. The van der Waals surface area contributed by atoms with Crippen LogP contribution in [0.4, 0.5) is 5.13 Å². The minimum atomic E-state index is 0.255. The van der Waals surface area contributed by atoms with Gasteiger partial charge >= 0.3 is 0 Å². The zero-order valence-corrected chi connectivity index (χ0v) is 11.4. The van der Waals surface area contributed by atoms with Gasteiger partial charge in [-0.05, 0) is 50.6 Å². The highest BCUT2D eigenvalue weighted by Gasteiger charge is 2.02. The first-order valence-corrected chi connectivity index (χ1v) is 6.41. The van der Waals surface area contributed by atoms with Crippen molar-refractivity contribution in [2.75, 3.05) is 5.43 Å². The second-order valence-electron chi connectivity index (χ2n) is 4.02. The SMILES string of the molecule is C/C(=N\Nc1nc(C)c(C)s1)c1ccc(O)cc1. The Hall–Kier alpha value is -1.88. The Morgan fingerprint density at radius 3 is 2.50 bits per heavy atom. The molecule has 2 N–H and O–H groups in total. The summed E-state index contributed by atoms with van der Waals surface area (Å²) in [5.41, 5.74) is 5.79. The molecule has 18 heavy (non-hydrogen) atoms. The molecule has 0 bridgehead atoms. The lowest BCUT2D eigenvalue weighted by molar-refractivity contribution is 0.475. The predicted octanol–water partition coefficient (Wildman–Crippen LogP) is 3.30. The van der Waals surface area contributed by atoms with Gasteiger partial charge < -0.3 is 5.11 Å². The molecule has 94 valence electrons. The van der Waals surface area contributed by atoms with Gasteiger partial charge in [0.05, 0.1) is 11.4 Å². The first kappa shape index (κ1) is 12.6. The lowest BCUT2D eigenvalue weighted by Crippen LogP contribution is -1.99. The number of phenols is 1. The molecular weight excluding hydrogens is 246 g/mol. The summed E-state index contributed by atoms with van der Waals surface area (Å²) in [5.74, 6) is 0.255. The average molecular weight is 261 g/mol. The molecule has 0 aliphatic rings. The molecule has 5 heteroatoms. The number of anilines is 1. The number of rotatable bonds is 3. The number of aryl methyl sites for hydroxylation is 2. The second kappa shape index (κ2) is 5.18. The van der Waals surface area contributed by atoms with E-state index in [1.165, 1.54) is 4.88 Å². The van der Waals surface area contributed by atoms with E-state index >= 15 is 0 Å². The van der Waals surface area contributed by atoms with E-state index < -0.39 is 0 Å². The second-order valence-corrected chi connectivity index (χ2v) is 5.22. The van der Waals surface area contributed by atoms with Crippen LogP contribution in [0.3, 0.4) is 0 Å². The largest absolute Gasteiger partial charge is 0.508 e. The fourth-order valence-corrected chi connectivity index (χ4v) is 2.18. The molecule has 0 unspecified atom stereocenters. The molecule has 0 spiro atoms. The molecular formula is C13H15N3OS. The van der Waals surface area contributed by atoms with Gasteiger partial charge in [0.1, 0.15) is 5.75 Å². The van der Waals surface area contributed by atoms with Crippen molar-refractivity contribution in [3.05, 3.63) is 40.4 Å². The van der Waals surface area contributed by atoms with E-state index in [0.29, 0.717) is 0 Å². The Kier molecular flexibility index (Phi) is 3.62. The number of hydrogen-bond acceptors (Lipinski definition) is 5. The van der Waals surface area contributed by atoms with Crippen LogP contribution in [-0.2, 0) is 0 Å². The van der Waals surface area contributed by atoms with Crippen LogP contribution in [0.15, 0.2) is 29.4 Å². The normalized spacial score (nSPS) is 11.6. The van der Waals surface area contributed by atoms with Gasteiger partial charge in [0.15, 0.2) is 0 Å². The number of hydrazone groups is 1. The van der Waals surface area contributed by atoms with Gasteiger partial charge in [-0.3, -0.25) is 5.43 Å². The highest BCUT2D eigenvalue weighted by molar-refractivity contribution is 7.15. The molecule has 2 aromatic rings. The molecule has 2 rings (SSSR count). The molecule has 4 nitrogen and oxygen atoms in total. The Morgan fingerprint density at radius 2 is 1.94 bits per heavy atom. The van der Waals surface area contributed by atoms with Crippen molar-refractivity contribution >= 4 is 22.2 Å². The summed E-state index contributed by atoms with van der Waals surface area (Å²) in [5, 5.41) is 14.3. The van der Waals surface area contributed by atoms with Crippen LogP contribution in [0, 0.1) is 13.8 Å². The molecule has 0 fully saturated rings. The third kappa shape index (κ3) is 2.87. The topological polar surface area (TPSA) is 57.5 Å². The molecule has 1 aromatic heterocycles. The zero-order valence-electron chi connectivity index (χ0n) is 10.6.